The van der Waals surface area contributed by atoms with Gasteiger partial charge in [0.25, 0.3) is 5.56 Å². The van der Waals surface area contributed by atoms with Crippen LogP contribution in [0.3, 0.4) is 0 Å². The van der Waals surface area contributed by atoms with Crippen molar-refractivity contribution in [3.8, 4) is 11.8 Å². The molecule has 4 rings (SSSR count). The Morgan fingerprint density at radius 2 is 1.87 bits per heavy atom. The van der Waals surface area contributed by atoms with Crippen LogP contribution in [-0.4, -0.2) is 18.7 Å². The summed E-state index contributed by atoms with van der Waals surface area (Å²) in [7, 11) is 0. The van der Waals surface area contributed by atoms with Gasteiger partial charge < -0.3 is 4.57 Å². The molecule has 0 fully saturated rings. The van der Waals surface area contributed by atoms with E-state index in [1.165, 1.54) is 35.2 Å². The summed E-state index contributed by atoms with van der Waals surface area (Å²) in [4.78, 5) is 30.7. The lowest BCUT2D eigenvalue weighted by atomic mass is 10.1. The molecule has 2 aromatic heterocycles. The number of halogens is 1. The Hall–Kier alpha value is -3.99. The molecule has 0 aliphatic carbocycles. The van der Waals surface area contributed by atoms with E-state index in [9.17, 15) is 14.0 Å². The zero-order valence-corrected chi connectivity index (χ0v) is 16.4. The van der Waals surface area contributed by atoms with E-state index in [0.717, 1.165) is 10.1 Å². The van der Waals surface area contributed by atoms with Crippen LogP contribution < -0.4 is 11.2 Å². The Labute approximate surface area is 170 Å². The molecule has 0 amide bonds. The van der Waals surface area contributed by atoms with Crippen molar-refractivity contribution in [2.24, 2.45) is 0 Å². The molecule has 0 radical (unpaired) electrons. The summed E-state index contributed by atoms with van der Waals surface area (Å²) in [6.45, 7) is 3.81. The molecule has 150 valence electrons. The Bertz CT molecular complexity index is 1400. The summed E-state index contributed by atoms with van der Waals surface area (Å²) in [6, 6.07) is 14.2. The molecule has 0 atom stereocenters. The molecule has 0 saturated heterocycles. The summed E-state index contributed by atoms with van der Waals surface area (Å²) in [5.74, 6) is -0.428. The van der Waals surface area contributed by atoms with Gasteiger partial charge in [-0.2, -0.15) is 5.26 Å². The van der Waals surface area contributed by atoms with Gasteiger partial charge in [0.1, 0.15) is 5.82 Å². The van der Waals surface area contributed by atoms with Crippen LogP contribution in [0.15, 0.2) is 64.4 Å². The van der Waals surface area contributed by atoms with E-state index in [4.69, 9.17) is 5.26 Å². The van der Waals surface area contributed by atoms with Crippen LogP contribution in [0.5, 0.6) is 0 Å². The van der Waals surface area contributed by atoms with Gasteiger partial charge in [0, 0.05) is 12.6 Å². The lowest BCUT2D eigenvalue weighted by molar-refractivity contribution is 0.538. The van der Waals surface area contributed by atoms with Gasteiger partial charge >= 0.3 is 5.69 Å². The molecular weight excluding hydrogens is 385 g/mol. The van der Waals surface area contributed by atoms with E-state index < -0.39 is 17.1 Å². The number of fused-ring (bicyclic) bond motifs is 1. The number of nitriles is 1. The molecule has 7 nitrogen and oxygen atoms in total. The molecule has 0 saturated carbocycles. The lowest BCUT2D eigenvalue weighted by Gasteiger charge is -2.15. The highest BCUT2D eigenvalue weighted by Gasteiger charge is 2.20. The predicted molar refractivity (Wildman–Crippen MR) is 110 cm³/mol. The number of aromatic nitrogens is 4. The minimum atomic E-state index is -0.536. The minimum absolute atomic E-state index is 0.199. The van der Waals surface area contributed by atoms with E-state index in [0.29, 0.717) is 17.8 Å². The first-order chi connectivity index (χ1) is 14.4. The van der Waals surface area contributed by atoms with Gasteiger partial charge in [-0.25, -0.2) is 18.7 Å². The average Bonchev–Trinajstić information content (AvgIpc) is 3.13. The third-order valence-electron chi connectivity index (χ3n) is 4.86. The van der Waals surface area contributed by atoms with E-state index >= 15 is 0 Å². The third kappa shape index (κ3) is 3.20. The van der Waals surface area contributed by atoms with Gasteiger partial charge in [0.2, 0.25) is 0 Å². The number of benzene rings is 2. The van der Waals surface area contributed by atoms with Crippen molar-refractivity contribution in [1.82, 2.24) is 18.7 Å². The summed E-state index contributed by atoms with van der Waals surface area (Å²) in [5.41, 5.74) is 1.23. The highest BCUT2D eigenvalue weighted by Crippen LogP contribution is 2.16. The topological polar surface area (TPSA) is 85.6 Å². The number of imidazole rings is 1. The summed E-state index contributed by atoms with van der Waals surface area (Å²) in [5, 5.41) is 9.13. The molecule has 4 aromatic rings. The molecule has 0 spiro atoms. The van der Waals surface area contributed by atoms with Crippen LogP contribution in [-0.2, 0) is 6.54 Å². The predicted octanol–water partition coefficient (Wildman–Crippen LogP) is 2.99. The zero-order chi connectivity index (χ0) is 21.4. The Balaban J connectivity index is 1.99. The lowest BCUT2D eigenvalue weighted by Crippen LogP contribution is -2.41. The Morgan fingerprint density at radius 1 is 1.13 bits per heavy atom. The molecule has 0 aliphatic rings. The second kappa shape index (κ2) is 7.44. The van der Waals surface area contributed by atoms with Gasteiger partial charge in [0.05, 0.1) is 23.6 Å². The fourth-order valence-electron chi connectivity index (χ4n) is 3.49. The Kier molecular flexibility index (Phi) is 4.80. The zero-order valence-electron chi connectivity index (χ0n) is 16.4. The van der Waals surface area contributed by atoms with Crippen molar-refractivity contribution in [3.05, 3.63) is 92.6 Å². The van der Waals surface area contributed by atoms with Crippen molar-refractivity contribution in [2.45, 2.75) is 26.4 Å². The van der Waals surface area contributed by atoms with Gasteiger partial charge in [-0.05, 0) is 55.8 Å². The number of hydrogen-bond donors (Lipinski definition) is 0. The standard InChI is InChI=1S/C22H18FN5O2/c1-14(2)27-21(29)19-20(28(22(27)30)18-8-6-17(23)7-9-18)25-13-26(19)12-16-5-3-4-15(10-16)11-24/h3-10,13-14H,12H2,1-2H3. The molecule has 2 aromatic carbocycles. The van der Waals surface area contributed by atoms with Crippen LogP contribution in [0.1, 0.15) is 31.0 Å². The Morgan fingerprint density at radius 3 is 2.53 bits per heavy atom. The average molecular weight is 403 g/mol. The molecule has 0 unspecified atom stereocenters. The molecule has 0 bridgehead atoms. The van der Waals surface area contributed by atoms with E-state index in [1.54, 1.807) is 36.6 Å². The number of rotatable bonds is 4. The fraction of sp³-hybridized carbons (Fsp3) is 0.182. The quantitative estimate of drug-likeness (QED) is 0.524. The monoisotopic (exact) mass is 403 g/mol. The molecular formula is C22H18FN5O2. The first-order valence-corrected chi connectivity index (χ1v) is 9.38. The summed E-state index contributed by atoms with van der Waals surface area (Å²) in [6.07, 6.45) is 1.50. The van der Waals surface area contributed by atoms with Crippen molar-refractivity contribution in [1.29, 1.82) is 5.26 Å². The second-order valence-corrected chi connectivity index (χ2v) is 7.22. The maximum atomic E-state index is 13.4. The van der Waals surface area contributed by atoms with Crippen molar-refractivity contribution < 1.29 is 4.39 Å². The largest absolute Gasteiger partial charge is 0.337 e. The summed E-state index contributed by atoms with van der Waals surface area (Å²) < 4.78 is 17.6. The molecule has 0 aliphatic heterocycles. The fourth-order valence-corrected chi connectivity index (χ4v) is 3.49. The van der Waals surface area contributed by atoms with E-state index in [1.807, 2.05) is 6.07 Å². The second-order valence-electron chi connectivity index (χ2n) is 7.22. The van der Waals surface area contributed by atoms with Gasteiger partial charge in [-0.1, -0.05) is 12.1 Å². The SMILES string of the molecule is CC(C)n1c(=O)c2c(ncn2Cc2cccc(C#N)c2)n(-c2ccc(F)cc2)c1=O. The van der Waals surface area contributed by atoms with Gasteiger partial charge in [0.15, 0.2) is 11.2 Å². The van der Waals surface area contributed by atoms with Crippen LogP contribution in [0.25, 0.3) is 16.9 Å². The van der Waals surface area contributed by atoms with E-state index in [-0.39, 0.29) is 17.2 Å². The van der Waals surface area contributed by atoms with Crippen LogP contribution in [0.4, 0.5) is 4.39 Å². The minimum Gasteiger partial charge on any atom is -0.320 e. The maximum absolute atomic E-state index is 13.4. The highest BCUT2D eigenvalue weighted by molar-refractivity contribution is 5.72. The van der Waals surface area contributed by atoms with Gasteiger partial charge in [-0.3, -0.25) is 9.36 Å². The third-order valence-corrected chi connectivity index (χ3v) is 4.86. The van der Waals surface area contributed by atoms with Crippen LogP contribution >= 0.6 is 0 Å². The normalized spacial score (nSPS) is 11.2. The number of nitrogens with zero attached hydrogens (tertiary/aromatic N) is 5. The highest BCUT2D eigenvalue weighted by atomic mass is 19.1. The van der Waals surface area contributed by atoms with Crippen LogP contribution in [0, 0.1) is 17.1 Å². The molecule has 0 N–H and O–H groups in total. The van der Waals surface area contributed by atoms with Crippen LogP contribution in [0.2, 0.25) is 0 Å². The van der Waals surface area contributed by atoms with Crippen molar-refractivity contribution in [2.75, 3.05) is 0 Å². The first kappa shape index (κ1) is 19.3. The van der Waals surface area contributed by atoms with Crippen molar-refractivity contribution >= 4 is 11.2 Å². The molecule has 2 heterocycles. The van der Waals surface area contributed by atoms with E-state index in [2.05, 4.69) is 11.1 Å². The molecule has 8 heteroatoms. The summed E-state index contributed by atoms with van der Waals surface area (Å²) >= 11 is 0. The smallest absolute Gasteiger partial charge is 0.320 e. The van der Waals surface area contributed by atoms with Gasteiger partial charge in [-0.15, -0.1) is 0 Å². The first-order valence-electron chi connectivity index (χ1n) is 9.38. The molecule has 30 heavy (non-hydrogen) atoms. The maximum Gasteiger partial charge on any atom is 0.337 e. The number of hydrogen-bond acceptors (Lipinski definition) is 4. The van der Waals surface area contributed by atoms with Crippen molar-refractivity contribution in [3.63, 3.8) is 0 Å².